The van der Waals surface area contributed by atoms with E-state index < -0.39 is 0 Å². The molecular weight excluding hydrogens is 338 g/mol. The second-order valence-electron chi connectivity index (χ2n) is 7.58. The van der Waals surface area contributed by atoms with Gasteiger partial charge in [-0.1, -0.05) is 6.07 Å². The summed E-state index contributed by atoms with van der Waals surface area (Å²) in [5.74, 6) is 0.978. The van der Waals surface area contributed by atoms with Gasteiger partial charge in [-0.15, -0.1) is 0 Å². The van der Waals surface area contributed by atoms with Crippen molar-refractivity contribution in [3.8, 4) is 6.07 Å². The molecule has 6 nitrogen and oxygen atoms in total. The van der Waals surface area contributed by atoms with Gasteiger partial charge in [0, 0.05) is 43.9 Å². The van der Waals surface area contributed by atoms with Gasteiger partial charge in [-0.25, -0.2) is 4.98 Å². The van der Waals surface area contributed by atoms with Crippen LogP contribution in [0.1, 0.15) is 36.9 Å². The fourth-order valence-electron chi connectivity index (χ4n) is 4.39. The van der Waals surface area contributed by atoms with Crippen molar-refractivity contribution in [3.05, 3.63) is 54.0 Å². The van der Waals surface area contributed by atoms with Gasteiger partial charge in [0.1, 0.15) is 11.9 Å². The van der Waals surface area contributed by atoms with Gasteiger partial charge >= 0.3 is 0 Å². The standard InChI is InChI=1S/C21H23N5O/c22-13-17-5-3-11-24-20(17)25-12-4-8-21(15-25)9-7-19(27)26(16-21)14-18-6-1-2-10-23-18/h1-3,5-6,10-11H,4,7-9,12,14-16H2. The number of hydrogen-bond donors (Lipinski definition) is 0. The number of carbonyl (C=O) groups excluding carboxylic acids is 1. The SMILES string of the molecule is N#Cc1cccnc1N1CCCC2(CCC(=O)N(Cc3ccccn3)C2)C1. The van der Waals surface area contributed by atoms with Crippen LogP contribution in [0.15, 0.2) is 42.7 Å². The molecule has 2 aliphatic rings. The lowest BCUT2D eigenvalue weighted by Crippen LogP contribution is -2.54. The minimum atomic E-state index is 0.0607. The number of likely N-dealkylation sites (tertiary alicyclic amines) is 1. The minimum Gasteiger partial charge on any atom is -0.355 e. The Morgan fingerprint density at radius 3 is 2.81 bits per heavy atom. The first kappa shape index (κ1) is 17.5. The third-order valence-electron chi connectivity index (χ3n) is 5.70. The first-order chi connectivity index (χ1) is 13.2. The van der Waals surface area contributed by atoms with Crippen molar-refractivity contribution in [2.24, 2.45) is 5.41 Å². The molecule has 4 rings (SSSR count). The van der Waals surface area contributed by atoms with E-state index in [1.165, 1.54) is 0 Å². The van der Waals surface area contributed by atoms with Crippen LogP contribution in [-0.4, -0.2) is 40.4 Å². The molecule has 1 atom stereocenters. The topological polar surface area (TPSA) is 73.1 Å². The maximum atomic E-state index is 12.5. The number of piperidine rings is 2. The zero-order valence-corrected chi connectivity index (χ0v) is 15.3. The highest BCUT2D eigenvalue weighted by atomic mass is 16.2. The number of nitriles is 1. The zero-order chi connectivity index (χ0) is 18.7. The Balaban J connectivity index is 1.53. The van der Waals surface area contributed by atoms with Gasteiger partial charge in [-0.2, -0.15) is 5.26 Å². The Kier molecular flexibility index (Phi) is 4.76. The molecule has 2 aromatic rings. The van der Waals surface area contributed by atoms with Gasteiger partial charge in [-0.05, 0) is 43.5 Å². The van der Waals surface area contributed by atoms with Crippen LogP contribution in [0, 0.1) is 16.7 Å². The van der Waals surface area contributed by atoms with E-state index in [0.717, 1.165) is 50.4 Å². The fourth-order valence-corrected chi connectivity index (χ4v) is 4.39. The molecule has 6 heteroatoms. The van der Waals surface area contributed by atoms with Crippen molar-refractivity contribution in [1.82, 2.24) is 14.9 Å². The smallest absolute Gasteiger partial charge is 0.222 e. The van der Waals surface area contributed by atoms with E-state index >= 15 is 0 Å². The van der Waals surface area contributed by atoms with Crippen LogP contribution in [0.4, 0.5) is 5.82 Å². The molecule has 1 spiro atoms. The number of pyridine rings is 2. The van der Waals surface area contributed by atoms with E-state index in [2.05, 4.69) is 20.9 Å². The summed E-state index contributed by atoms with van der Waals surface area (Å²) in [5, 5.41) is 9.42. The highest BCUT2D eigenvalue weighted by Gasteiger charge is 2.42. The lowest BCUT2D eigenvalue weighted by Gasteiger charge is -2.48. The predicted octanol–water partition coefficient (Wildman–Crippen LogP) is 2.76. The zero-order valence-electron chi connectivity index (χ0n) is 15.3. The molecule has 2 fully saturated rings. The Bertz CT molecular complexity index is 862. The van der Waals surface area contributed by atoms with Crippen molar-refractivity contribution in [1.29, 1.82) is 5.26 Å². The van der Waals surface area contributed by atoms with Crippen molar-refractivity contribution >= 4 is 11.7 Å². The van der Waals surface area contributed by atoms with Gasteiger partial charge in [0.2, 0.25) is 5.91 Å². The van der Waals surface area contributed by atoms with Crippen LogP contribution < -0.4 is 4.90 Å². The number of aromatic nitrogens is 2. The van der Waals surface area contributed by atoms with Crippen LogP contribution >= 0.6 is 0 Å². The Morgan fingerprint density at radius 1 is 1.11 bits per heavy atom. The van der Waals surface area contributed by atoms with Gasteiger partial charge in [-0.3, -0.25) is 9.78 Å². The summed E-state index contributed by atoms with van der Waals surface area (Å²) in [6.07, 6.45) is 7.14. The lowest BCUT2D eigenvalue weighted by molar-refractivity contribution is -0.138. The van der Waals surface area contributed by atoms with E-state index in [0.29, 0.717) is 18.5 Å². The average Bonchev–Trinajstić information content (AvgIpc) is 2.72. The van der Waals surface area contributed by atoms with E-state index in [1.807, 2.05) is 29.2 Å². The largest absolute Gasteiger partial charge is 0.355 e. The van der Waals surface area contributed by atoms with E-state index in [1.54, 1.807) is 18.5 Å². The normalized spacial score (nSPS) is 22.7. The molecule has 0 bridgehead atoms. The summed E-state index contributed by atoms with van der Waals surface area (Å²) in [4.78, 5) is 25.5. The predicted molar refractivity (Wildman–Crippen MR) is 102 cm³/mol. The first-order valence-corrected chi connectivity index (χ1v) is 9.47. The molecule has 2 saturated heterocycles. The Hall–Kier alpha value is -2.94. The molecular formula is C21H23N5O. The highest BCUT2D eigenvalue weighted by molar-refractivity contribution is 5.77. The third kappa shape index (κ3) is 3.63. The summed E-state index contributed by atoms with van der Waals surface area (Å²) in [7, 11) is 0. The molecule has 2 aromatic heterocycles. The first-order valence-electron chi connectivity index (χ1n) is 9.47. The number of carbonyl (C=O) groups is 1. The van der Waals surface area contributed by atoms with E-state index in [4.69, 9.17) is 0 Å². The molecule has 0 aromatic carbocycles. The highest BCUT2D eigenvalue weighted by Crippen LogP contribution is 2.40. The molecule has 1 amide bonds. The average molecular weight is 361 g/mol. The maximum absolute atomic E-state index is 12.5. The van der Waals surface area contributed by atoms with Crippen molar-refractivity contribution in [3.63, 3.8) is 0 Å². The number of nitrogens with zero attached hydrogens (tertiary/aromatic N) is 5. The molecule has 0 N–H and O–H groups in total. The monoisotopic (exact) mass is 361 g/mol. The summed E-state index contributed by atoms with van der Waals surface area (Å²) < 4.78 is 0. The maximum Gasteiger partial charge on any atom is 0.222 e. The van der Waals surface area contributed by atoms with Gasteiger partial charge in [0.25, 0.3) is 0 Å². The van der Waals surface area contributed by atoms with E-state index in [-0.39, 0.29) is 11.3 Å². The minimum absolute atomic E-state index is 0.0607. The van der Waals surface area contributed by atoms with Gasteiger partial charge in [0.05, 0.1) is 17.8 Å². The summed E-state index contributed by atoms with van der Waals surface area (Å²) in [6.45, 7) is 3.05. The van der Waals surface area contributed by atoms with E-state index in [9.17, 15) is 10.1 Å². The van der Waals surface area contributed by atoms with Crippen LogP contribution in [0.2, 0.25) is 0 Å². The number of rotatable bonds is 3. The second kappa shape index (κ2) is 7.36. The summed E-state index contributed by atoms with van der Waals surface area (Å²) in [6, 6.07) is 11.7. The summed E-state index contributed by atoms with van der Waals surface area (Å²) in [5.41, 5.74) is 1.60. The molecule has 27 heavy (non-hydrogen) atoms. The lowest BCUT2D eigenvalue weighted by atomic mass is 9.73. The molecule has 0 saturated carbocycles. The van der Waals surface area contributed by atoms with Crippen molar-refractivity contribution in [2.45, 2.75) is 32.2 Å². The Labute approximate surface area is 159 Å². The third-order valence-corrected chi connectivity index (χ3v) is 5.70. The van der Waals surface area contributed by atoms with Crippen molar-refractivity contribution < 1.29 is 4.79 Å². The van der Waals surface area contributed by atoms with Crippen LogP contribution in [0.3, 0.4) is 0 Å². The van der Waals surface area contributed by atoms with Crippen LogP contribution in [0.5, 0.6) is 0 Å². The van der Waals surface area contributed by atoms with Gasteiger partial charge < -0.3 is 9.80 Å². The van der Waals surface area contributed by atoms with Crippen LogP contribution in [-0.2, 0) is 11.3 Å². The number of hydrogen-bond acceptors (Lipinski definition) is 5. The molecule has 0 aliphatic carbocycles. The van der Waals surface area contributed by atoms with Gasteiger partial charge in [0.15, 0.2) is 0 Å². The quantitative estimate of drug-likeness (QED) is 0.840. The fraction of sp³-hybridized carbons (Fsp3) is 0.429. The summed E-state index contributed by atoms with van der Waals surface area (Å²) >= 11 is 0. The molecule has 138 valence electrons. The second-order valence-corrected chi connectivity index (χ2v) is 7.58. The Morgan fingerprint density at radius 2 is 2.00 bits per heavy atom. The molecule has 2 aliphatic heterocycles. The number of anilines is 1. The molecule has 4 heterocycles. The molecule has 1 unspecified atom stereocenters. The van der Waals surface area contributed by atoms with Crippen LogP contribution in [0.25, 0.3) is 0 Å². The molecule has 0 radical (unpaired) electrons. The number of amides is 1. The van der Waals surface area contributed by atoms with Crippen molar-refractivity contribution in [2.75, 3.05) is 24.5 Å².